The number of ether oxygens (including phenoxy) is 2. The van der Waals surface area contributed by atoms with Crippen molar-refractivity contribution in [2.24, 2.45) is 4.40 Å². The Balaban J connectivity index is 1.78. The molecule has 0 amide bonds. The molecule has 0 fully saturated rings. The number of hydrogen-bond acceptors (Lipinski definition) is 4. The zero-order chi connectivity index (χ0) is 19.8. The summed E-state index contributed by atoms with van der Waals surface area (Å²) in [5, 5.41) is 0. The molecule has 0 spiro atoms. The zero-order valence-electron chi connectivity index (χ0n) is 15.5. The van der Waals surface area contributed by atoms with Crippen LogP contribution in [-0.2, 0) is 16.6 Å². The van der Waals surface area contributed by atoms with E-state index in [-0.39, 0.29) is 4.90 Å². The minimum Gasteiger partial charge on any atom is -0.490 e. The van der Waals surface area contributed by atoms with E-state index in [4.69, 9.17) is 9.47 Å². The summed E-state index contributed by atoms with van der Waals surface area (Å²) in [6.45, 7) is 2.75. The molecule has 5 nitrogen and oxygen atoms in total. The molecule has 0 saturated carbocycles. The van der Waals surface area contributed by atoms with E-state index in [1.165, 1.54) is 18.3 Å². The van der Waals surface area contributed by atoms with Crippen molar-refractivity contribution in [3.05, 3.63) is 90.0 Å². The number of nitrogens with zero attached hydrogens (tertiary/aromatic N) is 1. The Hall–Kier alpha value is -3.12. The molecule has 28 heavy (non-hydrogen) atoms. The highest BCUT2D eigenvalue weighted by atomic mass is 32.2. The van der Waals surface area contributed by atoms with Crippen LogP contribution in [0.4, 0.5) is 0 Å². The van der Waals surface area contributed by atoms with Gasteiger partial charge in [-0.25, -0.2) is 0 Å². The highest BCUT2D eigenvalue weighted by Gasteiger charge is 2.11. The minimum atomic E-state index is -3.74. The van der Waals surface area contributed by atoms with Crippen molar-refractivity contribution in [1.29, 1.82) is 0 Å². The van der Waals surface area contributed by atoms with Crippen LogP contribution in [0, 0.1) is 0 Å². The summed E-state index contributed by atoms with van der Waals surface area (Å²) in [5.74, 6) is 1.13. The average Bonchev–Trinajstić information content (AvgIpc) is 2.73. The largest absolute Gasteiger partial charge is 0.490 e. The molecule has 0 aromatic heterocycles. The average molecular weight is 395 g/mol. The lowest BCUT2D eigenvalue weighted by atomic mass is 10.2. The fraction of sp³-hybridized carbons (Fsp3) is 0.136. The fourth-order valence-electron chi connectivity index (χ4n) is 2.51. The summed E-state index contributed by atoms with van der Waals surface area (Å²) in [4.78, 5) is 0.152. The van der Waals surface area contributed by atoms with E-state index >= 15 is 0 Å². The van der Waals surface area contributed by atoms with Crippen molar-refractivity contribution in [2.75, 3.05) is 6.61 Å². The number of rotatable bonds is 8. The number of sulfonamides is 1. The zero-order valence-corrected chi connectivity index (χ0v) is 16.3. The highest BCUT2D eigenvalue weighted by molar-refractivity contribution is 7.90. The first-order valence-electron chi connectivity index (χ1n) is 8.87. The second-order valence-corrected chi connectivity index (χ2v) is 7.57. The Labute approximate surface area is 165 Å². The molecule has 0 N–H and O–H groups in total. The normalized spacial score (nSPS) is 11.5. The van der Waals surface area contributed by atoms with Crippen molar-refractivity contribution < 1.29 is 17.9 Å². The summed E-state index contributed by atoms with van der Waals surface area (Å²) < 4.78 is 39.9. The second kappa shape index (κ2) is 9.19. The van der Waals surface area contributed by atoms with E-state index in [1.807, 2.05) is 37.3 Å². The third-order valence-corrected chi connectivity index (χ3v) is 5.14. The lowest BCUT2D eigenvalue weighted by Gasteiger charge is -2.12. The van der Waals surface area contributed by atoms with Crippen molar-refractivity contribution in [2.45, 2.75) is 18.4 Å². The molecular formula is C22H21NO4S. The summed E-state index contributed by atoms with van der Waals surface area (Å²) in [5.41, 5.74) is 1.65. The molecule has 0 saturated heterocycles. The molecule has 0 bridgehead atoms. The molecule has 144 valence electrons. The van der Waals surface area contributed by atoms with Gasteiger partial charge in [0.25, 0.3) is 10.0 Å². The number of hydrogen-bond donors (Lipinski definition) is 0. The van der Waals surface area contributed by atoms with E-state index in [9.17, 15) is 8.42 Å². The van der Waals surface area contributed by atoms with Crippen molar-refractivity contribution in [3.8, 4) is 11.5 Å². The van der Waals surface area contributed by atoms with E-state index in [1.54, 1.807) is 36.4 Å². The fourth-order valence-corrected chi connectivity index (χ4v) is 3.39. The lowest BCUT2D eigenvalue weighted by Crippen LogP contribution is -2.01. The highest BCUT2D eigenvalue weighted by Crippen LogP contribution is 2.29. The van der Waals surface area contributed by atoms with Crippen LogP contribution in [0.1, 0.15) is 18.1 Å². The summed E-state index contributed by atoms with van der Waals surface area (Å²) in [7, 11) is -3.74. The monoisotopic (exact) mass is 395 g/mol. The van der Waals surface area contributed by atoms with Gasteiger partial charge in [-0.1, -0.05) is 48.5 Å². The van der Waals surface area contributed by atoms with Gasteiger partial charge in [-0.3, -0.25) is 0 Å². The Morgan fingerprint density at radius 3 is 2.21 bits per heavy atom. The van der Waals surface area contributed by atoms with E-state index in [0.717, 1.165) is 5.56 Å². The van der Waals surface area contributed by atoms with E-state index in [0.29, 0.717) is 30.3 Å². The molecule has 6 heteroatoms. The van der Waals surface area contributed by atoms with Gasteiger partial charge in [0.15, 0.2) is 11.5 Å². The maximum Gasteiger partial charge on any atom is 0.282 e. The summed E-state index contributed by atoms with van der Waals surface area (Å²) >= 11 is 0. The molecule has 0 radical (unpaired) electrons. The van der Waals surface area contributed by atoms with Crippen LogP contribution in [0.2, 0.25) is 0 Å². The molecule has 0 heterocycles. The van der Waals surface area contributed by atoms with Gasteiger partial charge < -0.3 is 9.47 Å². The van der Waals surface area contributed by atoms with Gasteiger partial charge in [-0.05, 0) is 48.4 Å². The predicted octanol–water partition coefficient (Wildman–Crippen LogP) is 4.47. The SMILES string of the molecule is CCOc1cc(/C=N\S(=O)(=O)c2ccccc2)ccc1OCc1ccccc1. The van der Waals surface area contributed by atoms with E-state index in [2.05, 4.69) is 4.40 Å². The predicted molar refractivity (Wildman–Crippen MR) is 110 cm³/mol. The third-order valence-electron chi connectivity index (χ3n) is 3.89. The Kier molecular flexibility index (Phi) is 6.45. The first-order valence-corrected chi connectivity index (χ1v) is 10.3. The van der Waals surface area contributed by atoms with Crippen molar-refractivity contribution in [3.63, 3.8) is 0 Å². The van der Waals surface area contributed by atoms with Gasteiger partial charge in [0.1, 0.15) is 6.61 Å². The second-order valence-electron chi connectivity index (χ2n) is 5.94. The van der Waals surface area contributed by atoms with Crippen LogP contribution in [0.3, 0.4) is 0 Å². The Bertz CT molecular complexity index is 1030. The quantitative estimate of drug-likeness (QED) is 0.528. The van der Waals surface area contributed by atoms with Crippen LogP contribution in [-0.4, -0.2) is 21.2 Å². The smallest absolute Gasteiger partial charge is 0.282 e. The molecule has 0 aliphatic heterocycles. The molecule has 3 aromatic carbocycles. The van der Waals surface area contributed by atoms with Crippen LogP contribution in [0.15, 0.2) is 88.2 Å². The van der Waals surface area contributed by atoms with Crippen molar-refractivity contribution >= 4 is 16.2 Å². The van der Waals surface area contributed by atoms with Gasteiger partial charge in [-0.15, -0.1) is 0 Å². The van der Waals surface area contributed by atoms with Crippen LogP contribution >= 0.6 is 0 Å². The summed E-state index contributed by atoms with van der Waals surface area (Å²) in [6, 6.07) is 23.1. The lowest BCUT2D eigenvalue weighted by molar-refractivity contribution is 0.269. The first-order chi connectivity index (χ1) is 13.6. The van der Waals surface area contributed by atoms with Crippen LogP contribution in [0.25, 0.3) is 0 Å². The summed E-state index contributed by atoms with van der Waals surface area (Å²) in [6.07, 6.45) is 1.31. The van der Waals surface area contributed by atoms with Crippen molar-refractivity contribution in [1.82, 2.24) is 0 Å². The Morgan fingerprint density at radius 2 is 1.54 bits per heavy atom. The van der Waals surface area contributed by atoms with Gasteiger partial charge in [0, 0.05) is 6.21 Å². The molecule has 3 rings (SSSR count). The number of benzene rings is 3. The Morgan fingerprint density at radius 1 is 0.857 bits per heavy atom. The van der Waals surface area contributed by atoms with Crippen LogP contribution in [0.5, 0.6) is 11.5 Å². The third kappa shape index (κ3) is 5.20. The molecular weight excluding hydrogens is 374 g/mol. The van der Waals surface area contributed by atoms with E-state index < -0.39 is 10.0 Å². The van der Waals surface area contributed by atoms with Gasteiger partial charge in [0.05, 0.1) is 11.5 Å². The standard InChI is InChI=1S/C22H21NO4S/c1-2-26-22-15-19(16-23-28(24,25)20-11-7-4-8-12-20)13-14-21(22)27-17-18-9-5-3-6-10-18/h3-16H,2,17H2,1H3/b23-16-. The van der Waals surface area contributed by atoms with Crippen LogP contribution < -0.4 is 9.47 Å². The molecule has 0 unspecified atom stereocenters. The van der Waals surface area contributed by atoms with Gasteiger partial charge in [0.2, 0.25) is 0 Å². The first kappa shape index (κ1) is 19.6. The topological polar surface area (TPSA) is 65.0 Å². The van der Waals surface area contributed by atoms with Gasteiger partial charge >= 0.3 is 0 Å². The minimum absolute atomic E-state index is 0.152. The maximum atomic E-state index is 12.3. The molecule has 3 aromatic rings. The molecule has 0 aliphatic rings. The molecule has 0 aliphatic carbocycles. The van der Waals surface area contributed by atoms with Gasteiger partial charge in [-0.2, -0.15) is 12.8 Å². The molecule has 0 atom stereocenters. The maximum absolute atomic E-state index is 12.3.